The minimum atomic E-state index is -3.76. The fourth-order valence-corrected chi connectivity index (χ4v) is 3.74. The number of phenols is 1. The third-order valence-electron chi connectivity index (χ3n) is 4.33. The van der Waals surface area contributed by atoms with Crippen molar-refractivity contribution < 1.29 is 23.1 Å². The highest BCUT2D eigenvalue weighted by Crippen LogP contribution is 2.22. The van der Waals surface area contributed by atoms with Crippen molar-refractivity contribution in [2.24, 2.45) is 0 Å². The van der Waals surface area contributed by atoms with Crippen molar-refractivity contribution in [1.29, 1.82) is 0 Å². The molecule has 0 spiro atoms. The minimum absolute atomic E-state index is 0.0666. The summed E-state index contributed by atoms with van der Waals surface area (Å²) in [7, 11) is -2.52. The molecule has 0 saturated carbocycles. The quantitative estimate of drug-likeness (QED) is 0.460. The van der Waals surface area contributed by atoms with Gasteiger partial charge in [-0.1, -0.05) is 36.4 Å². The molecule has 30 heavy (non-hydrogen) atoms. The number of aromatic hydroxyl groups is 1. The number of carbonyl (C=O) groups is 1. The molecular formula is C22H20N2O5S. The first kappa shape index (κ1) is 21.1. The summed E-state index contributed by atoms with van der Waals surface area (Å²) in [5.74, 6) is -0.507. The molecule has 2 aromatic carbocycles. The van der Waals surface area contributed by atoms with E-state index in [4.69, 9.17) is 0 Å². The number of pyridine rings is 1. The van der Waals surface area contributed by atoms with Crippen LogP contribution in [0.2, 0.25) is 0 Å². The molecule has 1 aromatic heterocycles. The number of methoxy groups -OCH3 is 1. The van der Waals surface area contributed by atoms with Crippen molar-refractivity contribution in [3.63, 3.8) is 0 Å². The Morgan fingerprint density at radius 2 is 1.73 bits per heavy atom. The molecule has 0 aliphatic carbocycles. The third-order valence-corrected chi connectivity index (χ3v) is 5.68. The lowest BCUT2D eigenvalue weighted by atomic mass is 10.1. The molecule has 0 fully saturated rings. The molecule has 0 aliphatic heterocycles. The number of aryl methyl sites for hydroxylation is 1. The normalized spacial score (nSPS) is 11.4. The zero-order chi connectivity index (χ0) is 21.7. The number of nitrogens with zero attached hydrogens (tertiary/aromatic N) is 1. The Bertz CT molecular complexity index is 1200. The van der Waals surface area contributed by atoms with Gasteiger partial charge in [0, 0.05) is 6.20 Å². The van der Waals surface area contributed by atoms with E-state index in [-0.39, 0.29) is 22.0 Å². The Labute approximate surface area is 174 Å². The molecule has 0 radical (unpaired) electrons. The van der Waals surface area contributed by atoms with Gasteiger partial charge in [0.25, 0.3) is 10.0 Å². The van der Waals surface area contributed by atoms with Crippen molar-refractivity contribution in [3.8, 4) is 5.75 Å². The topological polar surface area (TPSA) is 106 Å². The van der Waals surface area contributed by atoms with Crippen LogP contribution >= 0.6 is 0 Å². The van der Waals surface area contributed by atoms with E-state index in [2.05, 4.69) is 14.4 Å². The van der Waals surface area contributed by atoms with Crippen LogP contribution in [0.25, 0.3) is 12.2 Å². The van der Waals surface area contributed by atoms with Gasteiger partial charge in [0.15, 0.2) is 0 Å². The van der Waals surface area contributed by atoms with Crippen LogP contribution in [0.15, 0.2) is 65.7 Å². The van der Waals surface area contributed by atoms with Crippen LogP contribution in [0.4, 0.5) is 5.82 Å². The van der Waals surface area contributed by atoms with Gasteiger partial charge < -0.3 is 9.84 Å². The SMILES string of the molecule is COC(=O)c1cc(C=Cc2ccc(S(=O)(=O)Nc3ncccc3C)cc2)ccc1O. The molecule has 2 N–H and O–H groups in total. The third kappa shape index (κ3) is 4.84. The second-order valence-electron chi connectivity index (χ2n) is 6.44. The molecule has 0 amide bonds. The molecule has 1 heterocycles. The van der Waals surface area contributed by atoms with Crippen LogP contribution < -0.4 is 4.72 Å². The molecule has 0 atom stereocenters. The molecule has 3 rings (SSSR count). The van der Waals surface area contributed by atoms with Gasteiger partial charge >= 0.3 is 5.97 Å². The second kappa shape index (κ2) is 8.79. The van der Waals surface area contributed by atoms with Gasteiger partial charge in [-0.2, -0.15) is 0 Å². The zero-order valence-corrected chi connectivity index (χ0v) is 17.2. The molecule has 0 bridgehead atoms. The Morgan fingerprint density at radius 3 is 2.40 bits per heavy atom. The van der Waals surface area contributed by atoms with Crippen LogP contribution in [0.3, 0.4) is 0 Å². The first-order valence-electron chi connectivity index (χ1n) is 8.94. The summed E-state index contributed by atoms with van der Waals surface area (Å²) < 4.78 is 32.3. The number of aromatic nitrogens is 1. The Kier molecular flexibility index (Phi) is 6.17. The predicted molar refractivity (Wildman–Crippen MR) is 115 cm³/mol. The number of anilines is 1. The number of sulfonamides is 1. The molecule has 7 nitrogen and oxygen atoms in total. The van der Waals surface area contributed by atoms with Crippen LogP contribution in [0.1, 0.15) is 27.0 Å². The van der Waals surface area contributed by atoms with Crippen molar-refractivity contribution >= 4 is 34.0 Å². The van der Waals surface area contributed by atoms with Gasteiger partial charge in [-0.05, 0) is 53.9 Å². The Balaban J connectivity index is 1.78. The maximum absolute atomic E-state index is 12.6. The van der Waals surface area contributed by atoms with E-state index in [0.29, 0.717) is 5.56 Å². The lowest BCUT2D eigenvalue weighted by Crippen LogP contribution is -2.14. The van der Waals surface area contributed by atoms with Gasteiger partial charge in [-0.25, -0.2) is 18.2 Å². The van der Waals surface area contributed by atoms with Gasteiger partial charge in [0.2, 0.25) is 0 Å². The number of rotatable bonds is 6. The molecule has 0 aliphatic rings. The summed E-state index contributed by atoms with van der Waals surface area (Å²) in [4.78, 5) is 15.8. The van der Waals surface area contributed by atoms with E-state index < -0.39 is 16.0 Å². The van der Waals surface area contributed by atoms with E-state index in [0.717, 1.165) is 11.1 Å². The molecule has 0 saturated heterocycles. The molecule has 154 valence electrons. The van der Waals surface area contributed by atoms with Crippen molar-refractivity contribution in [2.45, 2.75) is 11.8 Å². The van der Waals surface area contributed by atoms with Gasteiger partial charge in [0.05, 0.1) is 12.0 Å². The van der Waals surface area contributed by atoms with E-state index >= 15 is 0 Å². The first-order valence-corrected chi connectivity index (χ1v) is 10.4. The molecule has 3 aromatic rings. The lowest BCUT2D eigenvalue weighted by molar-refractivity contribution is 0.0597. The van der Waals surface area contributed by atoms with Crippen molar-refractivity contribution in [2.75, 3.05) is 11.8 Å². The van der Waals surface area contributed by atoms with Crippen LogP contribution in [0, 0.1) is 6.92 Å². The number of hydrogen-bond donors (Lipinski definition) is 2. The van der Waals surface area contributed by atoms with Crippen LogP contribution in [-0.2, 0) is 14.8 Å². The van der Waals surface area contributed by atoms with E-state index in [1.807, 2.05) is 0 Å². The highest BCUT2D eigenvalue weighted by molar-refractivity contribution is 7.92. The monoisotopic (exact) mass is 424 g/mol. The first-order chi connectivity index (χ1) is 14.3. The predicted octanol–water partition coefficient (Wildman–Crippen LogP) is 3.85. The van der Waals surface area contributed by atoms with Gasteiger partial charge in [-0.15, -0.1) is 0 Å². The maximum atomic E-state index is 12.6. The number of carbonyl (C=O) groups excluding carboxylic acids is 1. The number of esters is 1. The summed E-state index contributed by atoms with van der Waals surface area (Å²) in [5.41, 5.74) is 2.23. The maximum Gasteiger partial charge on any atom is 0.341 e. The minimum Gasteiger partial charge on any atom is -0.507 e. The number of hydrogen-bond acceptors (Lipinski definition) is 6. The Morgan fingerprint density at radius 1 is 1.07 bits per heavy atom. The average molecular weight is 424 g/mol. The van der Waals surface area contributed by atoms with Crippen LogP contribution in [0.5, 0.6) is 5.75 Å². The second-order valence-corrected chi connectivity index (χ2v) is 8.13. The largest absolute Gasteiger partial charge is 0.507 e. The summed E-state index contributed by atoms with van der Waals surface area (Å²) in [6.07, 6.45) is 5.03. The van der Waals surface area contributed by atoms with Gasteiger partial charge in [0.1, 0.15) is 17.1 Å². The summed E-state index contributed by atoms with van der Waals surface area (Å²) >= 11 is 0. The van der Waals surface area contributed by atoms with E-state index in [1.165, 1.54) is 37.6 Å². The highest BCUT2D eigenvalue weighted by atomic mass is 32.2. The van der Waals surface area contributed by atoms with Crippen molar-refractivity contribution in [1.82, 2.24) is 4.98 Å². The fourth-order valence-electron chi connectivity index (χ4n) is 2.66. The summed E-state index contributed by atoms with van der Waals surface area (Å²) in [5, 5.41) is 9.76. The molecule has 8 heteroatoms. The lowest BCUT2D eigenvalue weighted by Gasteiger charge is -2.09. The highest BCUT2D eigenvalue weighted by Gasteiger charge is 2.15. The Hall–Kier alpha value is -3.65. The smallest absolute Gasteiger partial charge is 0.341 e. The fraction of sp³-hybridized carbons (Fsp3) is 0.0909. The molecular weight excluding hydrogens is 404 g/mol. The van der Waals surface area contributed by atoms with Crippen molar-refractivity contribution in [3.05, 3.63) is 83.0 Å². The van der Waals surface area contributed by atoms with Crippen LogP contribution in [-0.4, -0.2) is 31.6 Å². The zero-order valence-electron chi connectivity index (χ0n) is 16.4. The number of nitrogens with one attached hydrogen (secondary N) is 1. The number of benzene rings is 2. The summed E-state index contributed by atoms with van der Waals surface area (Å²) in [6, 6.07) is 14.4. The van der Waals surface area contributed by atoms with E-state index in [9.17, 15) is 18.3 Å². The summed E-state index contributed by atoms with van der Waals surface area (Å²) in [6.45, 7) is 1.77. The standard InChI is InChI=1S/C22H20N2O5S/c1-15-4-3-13-23-21(15)24-30(27,28)18-10-7-16(8-11-18)5-6-17-9-12-20(25)19(14-17)22(26)29-2/h3-14,25H,1-2H3,(H,23,24). The number of ether oxygens (including phenoxy) is 1. The van der Waals surface area contributed by atoms with Gasteiger partial charge in [-0.3, -0.25) is 4.72 Å². The van der Waals surface area contributed by atoms with E-state index in [1.54, 1.807) is 49.4 Å². The number of phenolic OH excluding ortho intramolecular Hbond substituents is 1. The molecule has 0 unspecified atom stereocenters. The average Bonchev–Trinajstić information content (AvgIpc) is 2.74.